The Morgan fingerprint density at radius 1 is 1.29 bits per heavy atom. The Morgan fingerprint density at radius 2 is 2.08 bits per heavy atom. The molecule has 1 aliphatic heterocycles. The van der Waals surface area contributed by atoms with Gasteiger partial charge in [-0.1, -0.05) is 36.3 Å². The Hall–Kier alpha value is -1.43. The predicted molar refractivity (Wildman–Crippen MR) is 95.6 cm³/mol. The van der Waals surface area contributed by atoms with Gasteiger partial charge in [0.05, 0.1) is 11.5 Å². The maximum atomic E-state index is 5.71. The van der Waals surface area contributed by atoms with Crippen molar-refractivity contribution in [3.63, 3.8) is 0 Å². The van der Waals surface area contributed by atoms with Gasteiger partial charge in [-0.2, -0.15) is 4.98 Å². The lowest BCUT2D eigenvalue weighted by Gasteiger charge is -2.32. The molecule has 1 aromatic heterocycles. The molecule has 2 atom stereocenters. The lowest BCUT2D eigenvalue weighted by molar-refractivity contribution is 0.189. The van der Waals surface area contributed by atoms with Gasteiger partial charge in [-0.25, -0.2) is 0 Å². The summed E-state index contributed by atoms with van der Waals surface area (Å²) in [5.74, 6) is 1.61. The second kappa shape index (κ2) is 6.82. The summed E-state index contributed by atoms with van der Waals surface area (Å²) in [4.78, 5) is 7.09. The monoisotopic (exact) mass is 348 g/mol. The van der Waals surface area contributed by atoms with E-state index >= 15 is 0 Å². The molecule has 2 aliphatic rings. The molecule has 0 saturated carbocycles. The second-order valence-corrected chi connectivity index (χ2v) is 7.16. The minimum absolute atomic E-state index is 0. The van der Waals surface area contributed by atoms with Crippen LogP contribution < -0.4 is 5.32 Å². The molecule has 6 heteroatoms. The van der Waals surface area contributed by atoms with Gasteiger partial charge in [0.25, 0.3) is 0 Å². The van der Waals surface area contributed by atoms with Gasteiger partial charge in [0.15, 0.2) is 5.82 Å². The quantitative estimate of drug-likeness (QED) is 0.903. The predicted octanol–water partition coefficient (Wildman–Crippen LogP) is 2.51. The van der Waals surface area contributed by atoms with Gasteiger partial charge in [0.2, 0.25) is 5.89 Å². The second-order valence-electron chi connectivity index (χ2n) is 7.16. The van der Waals surface area contributed by atoms with Crippen molar-refractivity contribution in [3.8, 4) is 0 Å². The molecule has 2 aromatic rings. The summed E-state index contributed by atoms with van der Waals surface area (Å²) >= 11 is 0. The fraction of sp³-hybridized carbons (Fsp3) is 0.556. The zero-order valence-corrected chi connectivity index (χ0v) is 15.1. The average Bonchev–Trinajstić information content (AvgIpc) is 3.06. The van der Waals surface area contributed by atoms with Crippen LogP contribution in [0, 0.1) is 0 Å². The third kappa shape index (κ3) is 3.08. The van der Waals surface area contributed by atoms with Gasteiger partial charge in [0, 0.05) is 19.6 Å². The summed E-state index contributed by atoms with van der Waals surface area (Å²) in [6, 6.07) is 8.91. The van der Waals surface area contributed by atoms with E-state index in [2.05, 4.69) is 53.6 Å². The van der Waals surface area contributed by atoms with Gasteiger partial charge in [-0.3, -0.25) is 4.90 Å². The standard InChI is InChI=1S/C18H24N4O.ClH/c1-18(8-7-13-5-3-4-6-14(13)11-18)17-20-16(21-23-17)15-12-19-9-10-22(15)2;/h3-6,15,19H,7-12H2,1-2H3;1H. The molecular weight excluding hydrogens is 324 g/mol. The number of benzene rings is 1. The smallest absolute Gasteiger partial charge is 0.232 e. The van der Waals surface area contributed by atoms with Crippen LogP contribution in [0.4, 0.5) is 0 Å². The Bertz CT molecular complexity index is 704. The molecule has 0 bridgehead atoms. The molecule has 2 unspecified atom stereocenters. The van der Waals surface area contributed by atoms with Crippen LogP contribution in [0.5, 0.6) is 0 Å². The third-order valence-corrected chi connectivity index (χ3v) is 5.41. The van der Waals surface area contributed by atoms with E-state index in [9.17, 15) is 0 Å². The Balaban J connectivity index is 0.00000169. The zero-order chi connectivity index (χ0) is 15.9. The Kier molecular flexibility index (Phi) is 4.95. The minimum Gasteiger partial charge on any atom is -0.339 e. The van der Waals surface area contributed by atoms with Gasteiger partial charge in [-0.05, 0) is 37.4 Å². The first-order chi connectivity index (χ1) is 11.2. The van der Waals surface area contributed by atoms with E-state index in [1.165, 1.54) is 11.1 Å². The lowest BCUT2D eigenvalue weighted by Crippen LogP contribution is -2.44. The number of piperazine rings is 1. The first kappa shape index (κ1) is 17.4. The molecule has 24 heavy (non-hydrogen) atoms. The van der Waals surface area contributed by atoms with Crippen LogP contribution in [-0.2, 0) is 18.3 Å². The largest absolute Gasteiger partial charge is 0.339 e. The number of hydrogen-bond donors (Lipinski definition) is 1. The van der Waals surface area contributed by atoms with Crippen LogP contribution in [0.3, 0.4) is 0 Å². The highest BCUT2D eigenvalue weighted by Crippen LogP contribution is 2.37. The van der Waals surface area contributed by atoms with Crippen LogP contribution in [0.2, 0.25) is 0 Å². The minimum atomic E-state index is -0.0553. The molecule has 1 fully saturated rings. The summed E-state index contributed by atoms with van der Waals surface area (Å²) in [6.07, 6.45) is 3.11. The zero-order valence-electron chi connectivity index (χ0n) is 14.3. The first-order valence-corrected chi connectivity index (χ1v) is 8.47. The van der Waals surface area contributed by atoms with Crippen molar-refractivity contribution in [1.29, 1.82) is 0 Å². The fourth-order valence-corrected chi connectivity index (χ4v) is 3.79. The topological polar surface area (TPSA) is 54.2 Å². The van der Waals surface area contributed by atoms with Crippen LogP contribution in [0.25, 0.3) is 0 Å². The molecule has 1 saturated heterocycles. The molecule has 1 aliphatic carbocycles. The molecule has 0 spiro atoms. The van der Waals surface area contributed by atoms with E-state index in [0.717, 1.165) is 50.6 Å². The number of likely N-dealkylation sites (N-methyl/N-ethyl adjacent to an activating group) is 1. The van der Waals surface area contributed by atoms with Crippen molar-refractivity contribution >= 4 is 12.4 Å². The molecule has 130 valence electrons. The number of aryl methyl sites for hydroxylation is 1. The van der Waals surface area contributed by atoms with E-state index in [4.69, 9.17) is 9.51 Å². The number of aromatic nitrogens is 2. The summed E-state index contributed by atoms with van der Waals surface area (Å²) in [6.45, 7) is 5.17. The Morgan fingerprint density at radius 3 is 2.88 bits per heavy atom. The molecule has 4 rings (SSSR count). The molecule has 5 nitrogen and oxygen atoms in total. The number of fused-ring (bicyclic) bond motifs is 1. The van der Waals surface area contributed by atoms with E-state index < -0.39 is 0 Å². The van der Waals surface area contributed by atoms with Gasteiger partial charge >= 0.3 is 0 Å². The Labute approximate surface area is 149 Å². The van der Waals surface area contributed by atoms with Crippen molar-refractivity contribution in [2.24, 2.45) is 0 Å². The number of hydrogen-bond acceptors (Lipinski definition) is 5. The SMILES string of the molecule is CN1CCNCC1c1noc(C2(C)CCc3ccccc3C2)n1.Cl. The van der Waals surface area contributed by atoms with Crippen molar-refractivity contribution in [2.45, 2.75) is 37.6 Å². The summed E-state index contributed by atoms with van der Waals surface area (Å²) in [5, 5.41) is 7.71. The van der Waals surface area contributed by atoms with Crippen molar-refractivity contribution in [1.82, 2.24) is 20.4 Å². The van der Waals surface area contributed by atoms with Crippen LogP contribution >= 0.6 is 12.4 Å². The number of rotatable bonds is 2. The van der Waals surface area contributed by atoms with Crippen molar-refractivity contribution in [3.05, 3.63) is 47.1 Å². The third-order valence-electron chi connectivity index (χ3n) is 5.41. The van der Waals surface area contributed by atoms with Crippen molar-refractivity contribution < 1.29 is 4.52 Å². The van der Waals surface area contributed by atoms with E-state index in [0.29, 0.717) is 0 Å². The normalized spacial score (nSPS) is 27.3. The molecular formula is C18H25ClN4O. The van der Waals surface area contributed by atoms with Gasteiger partial charge in [0.1, 0.15) is 0 Å². The van der Waals surface area contributed by atoms with Crippen LogP contribution in [0.1, 0.15) is 42.2 Å². The highest BCUT2D eigenvalue weighted by atomic mass is 35.5. The summed E-state index contributed by atoms with van der Waals surface area (Å²) < 4.78 is 5.71. The highest BCUT2D eigenvalue weighted by molar-refractivity contribution is 5.85. The fourth-order valence-electron chi connectivity index (χ4n) is 3.79. The van der Waals surface area contributed by atoms with Crippen molar-refractivity contribution in [2.75, 3.05) is 26.7 Å². The molecule has 0 radical (unpaired) electrons. The van der Waals surface area contributed by atoms with Crippen LogP contribution in [0.15, 0.2) is 28.8 Å². The number of nitrogens with zero attached hydrogens (tertiary/aromatic N) is 3. The van der Waals surface area contributed by atoms with Gasteiger partial charge in [-0.15, -0.1) is 12.4 Å². The highest BCUT2D eigenvalue weighted by Gasteiger charge is 2.37. The first-order valence-electron chi connectivity index (χ1n) is 8.47. The van der Waals surface area contributed by atoms with E-state index in [-0.39, 0.29) is 23.9 Å². The van der Waals surface area contributed by atoms with E-state index in [1.807, 2.05) is 0 Å². The molecule has 0 amide bonds. The molecule has 2 heterocycles. The van der Waals surface area contributed by atoms with E-state index in [1.54, 1.807) is 0 Å². The molecule has 1 N–H and O–H groups in total. The molecule has 1 aromatic carbocycles. The van der Waals surface area contributed by atoms with Crippen LogP contribution in [-0.4, -0.2) is 41.7 Å². The lowest BCUT2D eigenvalue weighted by atomic mass is 9.73. The number of halogens is 1. The average molecular weight is 349 g/mol. The maximum Gasteiger partial charge on any atom is 0.232 e. The number of nitrogens with one attached hydrogen (secondary N) is 1. The summed E-state index contributed by atoms with van der Waals surface area (Å²) in [7, 11) is 2.13. The summed E-state index contributed by atoms with van der Waals surface area (Å²) in [5.41, 5.74) is 2.82. The maximum absolute atomic E-state index is 5.71. The van der Waals surface area contributed by atoms with Gasteiger partial charge < -0.3 is 9.84 Å².